The molecule has 0 spiro atoms. The predicted octanol–water partition coefficient (Wildman–Crippen LogP) is 3.81. The van der Waals surface area contributed by atoms with Gasteiger partial charge in [-0.3, -0.25) is 9.52 Å². The molecule has 0 amide bonds. The molecule has 0 unspecified atom stereocenters. The second-order valence-electron chi connectivity index (χ2n) is 6.39. The summed E-state index contributed by atoms with van der Waals surface area (Å²) in [5.74, 6) is -0.504. The Balaban J connectivity index is 1.94. The molecule has 0 aliphatic carbocycles. The summed E-state index contributed by atoms with van der Waals surface area (Å²) in [6.45, 7) is 0. The molecular weight excluding hydrogens is 431 g/mol. The van der Waals surface area contributed by atoms with Crippen molar-refractivity contribution in [2.75, 3.05) is 18.1 Å². The number of benzene rings is 2. The van der Waals surface area contributed by atoms with Gasteiger partial charge in [0.05, 0.1) is 24.8 Å². The Morgan fingerprint density at radius 2 is 2.00 bits per heavy atom. The zero-order valence-corrected chi connectivity index (χ0v) is 17.8. The fraction of sp³-hybridized carbons (Fsp3) is 0.200. The Morgan fingerprint density at radius 3 is 2.67 bits per heavy atom. The third-order valence-corrected chi connectivity index (χ3v) is 5.33. The van der Waals surface area contributed by atoms with Gasteiger partial charge in [-0.25, -0.2) is 17.8 Å². The van der Waals surface area contributed by atoms with Crippen LogP contribution in [0.4, 0.5) is 10.1 Å². The number of anilines is 1. The van der Waals surface area contributed by atoms with Crippen LogP contribution in [0.1, 0.15) is 10.6 Å². The van der Waals surface area contributed by atoms with E-state index in [1.165, 1.54) is 48.8 Å². The maximum Gasteiger partial charge on any atom is 0.229 e. The lowest BCUT2D eigenvalue weighted by Gasteiger charge is -2.15. The van der Waals surface area contributed by atoms with Crippen LogP contribution in [0.25, 0.3) is 0 Å². The predicted molar refractivity (Wildman–Crippen MR) is 112 cm³/mol. The molecule has 0 fully saturated rings. The van der Waals surface area contributed by atoms with Crippen molar-refractivity contribution < 1.29 is 27.1 Å². The number of para-hydroxylation sites is 1. The first-order chi connectivity index (χ1) is 14.2. The van der Waals surface area contributed by atoms with Crippen LogP contribution < -0.4 is 14.2 Å². The molecule has 0 atom stereocenters. The molecule has 0 radical (unpaired) electrons. The van der Waals surface area contributed by atoms with Gasteiger partial charge in [0.1, 0.15) is 11.5 Å². The first kappa shape index (κ1) is 21.7. The average Bonchev–Trinajstić information content (AvgIpc) is 3.16. The molecule has 7 nitrogen and oxygen atoms in total. The van der Waals surface area contributed by atoms with Gasteiger partial charge in [-0.05, 0) is 30.3 Å². The zero-order chi connectivity index (χ0) is 21.7. The van der Waals surface area contributed by atoms with E-state index in [1.54, 1.807) is 17.6 Å². The summed E-state index contributed by atoms with van der Waals surface area (Å²) in [7, 11) is -2.13. The van der Waals surface area contributed by atoms with E-state index in [-0.39, 0.29) is 41.6 Å². The number of nitrogens with zero attached hydrogens (tertiary/aromatic N) is 1. The molecule has 30 heavy (non-hydrogen) atoms. The Morgan fingerprint density at radius 1 is 1.20 bits per heavy atom. The molecule has 1 N–H and O–H groups in total. The molecule has 0 aliphatic rings. The lowest BCUT2D eigenvalue weighted by atomic mass is 10.1. The van der Waals surface area contributed by atoms with Crippen LogP contribution in [0.15, 0.2) is 48.0 Å². The van der Waals surface area contributed by atoms with Gasteiger partial charge in [0, 0.05) is 29.2 Å². The highest BCUT2D eigenvalue weighted by atomic mass is 32.2. The highest BCUT2D eigenvalue weighted by Crippen LogP contribution is 2.36. The molecule has 0 bridgehead atoms. The molecule has 0 saturated carbocycles. The molecule has 1 aromatic heterocycles. The molecule has 158 valence electrons. The third kappa shape index (κ3) is 5.77. The summed E-state index contributed by atoms with van der Waals surface area (Å²) >= 11 is 1.37. The van der Waals surface area contributed by atoms with Crippen LogP contribution >= 0.6 is 11.3 Å². The number of ether oxygens (including phenoxy) is 2. The lowest BCUT2D eigenvalue weighted by molar-refractivity contribution is -0.117. The molecule has 1 heterocycles. The number of methoxy groups -OCH3 is 1. The third-order valence-electron chi connectivity index (χ3n) is 3.95. The second-order valence-corrected chi connectivity index (χ2v) is 9.12. The van der Waals surface area contributed by atoms with Crippen molar-refractivity contribution in [3.8, 4) is 17.2 Å². The topological polar surface area (TPSA) is 94.6 Å². The van der Waals surface area contributed by atoms with Gasteiger partial charge in [0.15, 0.2) is 11.6 Å². The van der Waals surface area contributed by atoms with Gasteiger partial charge >= 0.3 is 0 Å². The number of carbonyl (C=O) groups excluding carboxylic acids is 1. The molecule has 10 heteroatoms. The SMILES string of the molecule is COc1cccc(F)c1Oc1ccc(NS(C)(=O)=O)cc1CC(=O)Cc1nccs1. The molecule has 0 saturated heterocycles. The number of ketones is 1. The van der Waals surface area contributed by atoms with E-state index in [9.17, 15) is 17.6 Å². The number of hydrogen-bond donors (Lipinski definition) is 1. The highest BCUT2D eigenvalue weighted by Gasteiger charge is 2.17. The Kier molecular flexibility index (Phi) is 6.68. The number of carbonyl (C=O) groups is 1. The number of aromatic nitrogens is 1. The van der Waals surface area contributed by atoms with Crippen molar-refractivity contribution in [2.45, 2.75) is 12.8 Å². The first-order valence-corrected chi connectivity index (χ1v) is 11.5. The monoisotopic (exact) mass is 450 g/mol. The summed E-state index contributed by atoms with van der Waals surface area (Å²) in [4.78, 5) is 16.6. The van der Waals surface area contributed by atoms with E-state index < -0.39 is 15.8 Å². The lowest BCUT2D eigenvalue weighted by Crippen LogP contribution is -2.11. The first-order valence-electron chi connectivity index (χ1n) is 8.76. The van der Waals surface area contributed by atoms with E-state index >= 15 is 0 Å². The van der Waals surface area contributed by atoms with E-state index in [2.05, 4.69) is 9.71 Å². The highest BCUT2D eigenvalue weighted by molar-refractivity contribution is 7.92. The minimum absolute atomic E-state index is 0.0506. The van der Waals surface area contributed by atoms with E-state index in [0.29, 0.717) is 10.6 Å². The van der Waals surface area contributed by atoms with Gasteiger partial charge in [-0.15, -0.1) is 11.3 Å². The minimum atomic E-state index is -3.52. The molecule has 2 aromatic carbocycles. The number of nitrogens with one attached hydrogen (secondary N) is 1. The maximum atomic E-state index is 14.3. The molecule has 3 rings (SSSR count). The van der Waals surface area contributed by atoms with Crippen LogP contribution in [-0.4, -0.2) is 32.6 Å². The fourth-order valence-electron chi connectivity index (χ4n) is 2.74. The van der Waals surface area contributed by atoms with Crippen LogP contribution in [0.5, 0.6) is 17.2 Å². The van der Waals surface area contributed by atoms with Gasteiger partial charge in [0.2, 0.25) is 15.8 Å². The number of thiazole rings is 1. The standard InChI is InChI=1S/C20H19FN2O5S2/c1-27-18-5-3-4-16(21)20(18)28-17-7-6-14(23-30(2,25)26)10-13(17)11-15(24)12-19-22-8-9-29-19/h3-10,23H,11-12H2,1-2H3. The zero-order valence-electron chi connectivity index (χ0n) is 16.2. The molecular formula is C20H19FN2O5S2. The van der Waals surface area contributed by atoms with Gasteiger partial charge in [-0.1, -0.05) is 6.07 Å². The van der Waals surface area contributed by atoms with Crippen molar-refractivity contribution in [3.63, 3.8) is 0 Å². The van der Waals surface area contributed by atoms with Crippen molar-refractivity contribution in [1.29, 1.82) is 0 Å². The fourth-order valence-corrected chi connectivity index (χ4v) is 3.94. The molecule has 0 aliphatic heterocycles. The second kappa shape index (κ2) is 9.23. The van der Waals surface area contributed by atoms with Gasteiger partial charge < -0.3 is 9.47 Å². The van der Waals surface area contributed by atoms with Crippen molar-refractivity contribution >= 4 is 32.8 Å². The van der Waals surface area contributed by atoms with E-state index in [4.69, 9.17) is 9.47 Å². The van der Waals surface area contributed by atoms with Crippen molar-refractivity contribution in [2.24, 2.45) is 0 Å². The number of halogens is 1. The average molecular weight is 451 g/mol. The number of rotatable bonds is 9. The normalized spacial score (nSPS) is 11.2. The van der Waals surface area contributed by atoms with Gasteiger partial charge in [-0.2, -0.15) is 0 Å². The van der Waals surface area contributed by atoms with E-state index in [0.717, 1.165) is 6.26 Å². The van der Waals surface area contributed by atoms with Crippen molar-refractivity contribution in [1.82, 2.24) is 4.98 Å². The molecule has 3 aromatic rings. The number of sulfonamides is 1. The summed E-state index contributed by atoms with van der Waals surface area (Å²) < 4.78 is 50.7. The van der Waals surface area contributed by atoms with Crippen LogP contribution in [0, 0.1) is 5.82 Å². The Bertz CT molecular complexity index is 1150. The quantitative estimate of drug-likeness (QED) is 0.533. The Hall–Kier alpha value is -2.98. The van der Waals surface area contributed by atoms with Crippen molar-refractivity contribution in [3.05, 3.63) is 64.4 Å². The van der Waals surface area contributed by atoms with E-state index in [1.807, 2.05) is 0 Å². The minimum Gasteiger partial charge on any atom is -0.493 e. The summed E-state index contributed by atoms with van der Waals surface area (Å²) in [5.41, 5.74) is 0.665. The maximum absolute atomic E-state index is 14.3. The van der Waals surface area contributed by atoms with Gasteiger partial charge in [0.25, 0.3) is 0 Å². The summed E-state index contributed by atoms with van der Waals surface area (Å²) in [5, 5.41) is 2.45. The number of hydrogen-bond acceptors (Lipinski definition) is 7. The van der Waals surface area contributed by atoms with Crippen LogP contribution in [0.2, 0.25) is 0 Å². The number of Topliss-reactive ketones (excluding diaryl/α,β-unsaturated/α-hetero) is 1. The smallest absolute Gasteiger partial charge is 0.229 e. The summed E-state index contributed by atoms with van der Waals surface area (Å²) in [6.07, 6.45) is 2.71. The van der Waals surface area contributed by atoms with Crippen LogP contribution in [-0.2, 0) is 27.7 Å². The van der Waals surface area contributed by atoms with Crippen LogP contribution in [0.3, 0.4) is 0 Å². The largest absolute Gasteiger partial charge is 0.493 e. The Labute approximate surface area is 177 Å². The summed E-state index contributed by atoms with van der Waals surface area (Å²) in [6, 6.07) is 8.70.